The van der Waals surface area contributed by atoms with E-state index < -0.39 is 13.2 Å². The van der Waals surface area contributed by atoms with Gasteiger partial charge in [0.05, 0.1) is 18.5 Å². The third-order valence-corrected chi connectivity index (χ3v) is 7.94. The van der Waals surface area contributed by atoms with Gasteiger partial charge in [0.2, 0.25) is 0 Å². The molecule has 4 rings (SSSR count). The highest BCUT2D eigenvalue weighted by atomic mass is 35.5. The average Bonchev–Trinajstić information content (AvgIpc) is 3.24. The van der Waals surface area contributed by atoms with E-state index in [0.717, 1.165) is 16.7 Å². The molecule has 0 saturated carbocycles. The lowest BCUT2D eigenvalue weighted by molar-refractivity contribution is 0.100. The Kier molecular flexibility index (Phi) is 6.88. The molecule has 0 radical (unpaired) electrons. The normalized spacial score (nSPS) is 15.6. The predicted molar refractivity (Wildman–Crippen MR) is 129 cm³/mol. The van der Waals surface area contributed by atoms with E-state index in [2.05, 4.69) is 0 Å². The van der Waals surface area contributed by atoms with Crippen LogP contribution >= 0.6 is 19.2 Å². The maximum Gasteiger partial charge on any atom is 0.361 e. The number of hydrogen-bond donors (Lipinski definition) is 0. The summed E-state index contributed by atoms with van der Waals surface area (Å²) in [5.41, 5.74) is 1.84. The van der Waals surface area contributed by atoms with Gasteiger partial charge < -0.3 is 13.8 Å². The van der Waals surface area contributed by atoms with Crippen molar-refractivity contribution in [2.45, 2.75) is 25.9 Å². The molecule has 3 aromatic carbocycles. The van der Waals surface area contributed by atoms with Crippen LogP contribution in [0.15, 0.2) is 90.2 Å². The molecular formula is C26H26ClO4P. The van der Waals surface area contributed by atoms with Gasteiger partial charge in [-0.2, -0.15) is 0 Å². The molecular weight excluding hydrogens is 443 g/mol. The van der Waals surface area contributed by atoms with Crippen LogP contribution in [-0.2, 0) is 24.0 Å². The highest BCUT2D eigenvalue weighted by molar-refractivity contribution is 7.58. The fraction of sp³-hybridized carbons (Fsp3) is 0.231. The minimum atomic E-state index is -3.60. The fourth-order valence-electron chi connectivity index (χ4n) is 4.07. The first-order valence-corrected chi connectivity index (χ1v) is 12.6. The molecule has 0 fully saturated rings. The van der Waals surface area contributed by atoms with Gasteiger partial charge in [-0.3, -0.25) is 4.57 Å². The first-order chi connectivity index (χ1) is 15.5. The van der Waals surface area contributed by atoms with Crippen LogP contribution in [0.4, 0.5) is 0 Å². The van der Waals surface area contributed by atoms with Crippen molar-refractivity contribution in [1.82, 2.24) is 0 Å². The van der Waals surface area contributed by atoms with Crippen molar-refractivity contribution < 1.29 is 18.3 Å². The van der Waals surface area contributed by atoms with E-state index in [4.69, 9.17) is 25.4 Å². The van der Waals surface area contributed by atoms with Gasteiger partial charge in [0.1, 0.15) is 5.76 Å². The van der Waals surface area contributed by atoms with Crippen molar-refractivity contribution in [2.75, 3.05) is 13.2 Å². The first kappa shape index (κ1) is 22.8. The Morgan fingerprint density at radius 2 is 1.34 bits per heavy atom. The van der Waals surface area contributed by atoms with Crippen LogP contribution in [-0.4, -0.2) is 13.2 Å². The minimum Gasteiger partial charge on any atom is -0.476 e. The summed E-state index contributed by atoms with van der Waals surface area (Å²) in [5.74, 6) is 0.514. The summed E-state index contributed by atoms with van der Waals surface area (Å²) >= 11 is 6.13. The number of halogens is 1. The van der Waals surface area contributed by atoms with Crippen molar-refractivity contribution in [1.29, 1.82) is 0 Å². The molecule has 0 aliphatic carbocycles. The Balaban J connectivity index is 1.94. The van der Waals surface area contributed by atoms with E-state index in [0.29, 0.717) is 22.5 Å². The largest absolute Gasteiger partial charge is 0.476 e. The van der Waals surface area contributed by atoms with Crippen molar-refractivity contribution in [2.24, 2.45) is 0 Å². The predicted octanol–water partition coefficient (Wildman–Crippen LogP) is 7.64. The molecule has 0 spiro atoms. The highest BCUT2D eigenvalue weighted by Gasteiger charge is 2.50. The summed E-state index contributed by atoms with van der Waals surface area (Å²) in [6.45, 7) is 4.15. The van der Waals surface area contributed by atoms with Crippen LogP contribution < -0.4 is 0 Å². The Hall–Kier alpha value is -2.36. The molecule has 6 heteroatoms. The summed E-state index contributed by atoms with van der Waals surface area (Å²) in [6, 6.07) is 27.3. The second-order valence-electron chi connectivity index (χ2n) is 7.45. The summed E-state index contributed by atoms with van der Waals surface area (Å²) in [4.78, 5) is 0. The smallest absolute Gasteiger partial charge is 0.361 e. The molecule has 3 aromatic rings. The Morgan fingerprint density at radius 3 is 1.81 bits per heavy atom. The van der Waals surface area contributed by atoms with Gasteiger partial charge in [-0.15, -0.1) is 0 Å². The molecule has 0 atom stereocenters. The Labute approximate surface area is 194 Å². The quantitative estimate of drug-likeness (QED) is 0.319. The van der Waals surface area contributed by atoms with Gasteiger partial charge in [-0.05, 0) is 38.1 Å². The third-order valence-electron chi connectivity index (χ3n) is 5.47. The molecule has 166 valence electrons. The second-order valence-corrected chi connectivity index (χ2v) is 9.94. The van der Waals surface area contributed by atoms with Crippen LogP contribution in [0.25, 0.3) is 5.76 Å². The second kappa shape index (κ2) is 9.64. The molecule has 1 aliphatic heterocycles. The zero-order chi connectivity index (χ0) is 22.6. The van der Waals surface area contributed by atoms with Gasteiger partial charge >= 0.3 is 7.60 Å². The standard InChI is InChI=1S/C26H26ClO4P/c1-3-29-32(28,30-4-2)24-19-26(21-11-7-5-8-12-21,22-13-9-6-10-14-22)31-25(24)20-15-17-23(27)18-16-20/h5-18H,3-4,19H2,1-2H3. The monoisotopic (exact) mass is 468 g/mol. The van der Waals surface area contributed by atoms with Crippen LogP contribution in [0, 0.1) is 0 Å². The highest BCUT2D eigenvalue weighted by Crippen LogP contribution is 2.66. The van der Waals surface area contributed by atoms with E-state index in [1.54, 1.807) is 12.1 Å². The average molecular weight is 469 g/mol. The number of hydrogen-bond acceptors (Lipinski definition) is 4. The van der Waals surface area contributed by atoms with Crippen molar-refractivity contribution >= 4 is 25.0 Å². The van der Waals surface area contributed by atoms with Crippen molar-refractivity contribution in [3.05, 3.63) is 112 Å². The molecule has 32 heavy (non-hydrogen) atoms. The van der Waals surface area contributed by atoms with Gasteiger partial charge in [0.15, 0.2) is 5.60 Å². The lowest BCUT2D eigenvalue weighted by Crippen LogP contribution is -2.27. The Morgan fingerprint density at radius 1 is 0.844 bits per heavy atom. The maximum atomic E-state index is 14.0. The van der Waals surface area contributed by atoms with Gasteiger partial charge in [-0.25, -0.2) is 0 Å². The molecule has 4 nitrogen and oxygen atoms in total. The lowest BCUT2D eigenvalue weighted by Gasteiger charge is -2.31. The van der Waals surface area contributed by atoms with Crippen LogP contribution in [0.3, 0.4) is 0 Å². The molecule has 0 unspecified atom stereocenters. The van der Waals surface area contributed by atoms with E-state index >= 15 is 0 Å². The Bertz CT molecular complexity index is 1080. The minimum absolute atomic E-state index is 0.262. The van der Waals surface area contributed by atoms with E-state index in [1.165, 1.54) is 0 Å². The molecule has 0 N–H and O–H groups in total. The van der Waals surface area contributed by atoms with E-state index in [-0.39, 0.29) is 13.2 Å². The first-order valence-electron chi connectivity index (χ1n) is 10.7. The van der Waals surface area contributed by atoms with Gasteiger partial charge in [0, 0.05) is 28.1 Å². The SMILES string of the molecule is CCOP(=O)(OCC)C1=C(c2ccc(Cl)cc2)OC(c2ccccc2)(c2ccccc2)C1. The van der Waals surface area contributed by atoms with Crippen LogP contribution in [0.5, 0.6) is 0 Å². The maximum absolute atomic E-state index is 14.0. The number of benzene rings is 3. The summed E-state index contributed by atoms with van der Waals surface area (Å²) in [5, 5.41) is 1.15. The van der Waals surface area contributed by atoms with Crippen LogP contribution in [0.1, 0.15) is 37.0 Å². The topological polar surface area (TPSA) is 44.8 Å². The zero-order valence-electron chi connectivity index (χ0n) is 18.2. The summed E-state index contributed by atoms with van der Waals surface area (Å²) in [7, 11) is -3.60. The summed E-state index contributed by atoms with van der Waals surface area (Å²) in [6.07, 6.45) is 0.344. The van der Waals surface area contributed by atoms with Crippen molar-refractivity contribution in [3.8, 4) is 0 Å². The molecule has 0 saturated heterocycles. The molecule has 0 bridgehead atoms. The molecule has 0 amide bonds. The van der Waals surface area contributed by atoms with Crippen molar-refractivity contribution in [3.63, 3.8) is 0 Å². The van der Waals surface area contributed by atoms with Gasteiger partial charge in [-0.1, -0.05) is 72.3 Å². The van der Waals surface area contributed by atoms with Gasteiger partial charge in [0.25, 0.3) is 0 Å². The third kappa shape index (κ3) is 4.29. The van der Waals surface area contributed by atoms with E-state index in [1.807, 2.05) is 86.6 Å². The lowest BCUT2D eigenvalue weighted by atomic mass is 9.84. The molecule has 0 aromatic heterocycles. The molecule has 1 heterocycles. The fourth-order valence-corrected chi connectivity index (χ4v) is 6.10. The number of rotatable bonds is 8. The van der Waals surface area contributed by atoms with E-state index in [9.17, 15) is 4.57 Å². The molecule has 1 aliphatic rings. The number of ether oxygens (including phenoxy) is 1. The summed E-state index contributed by atoms with van der Waals surface area (Å²) < 4.78 is 32.3. The van der Waals surface area contributed by atoms with Crippen LogP contribution in [0.2, 0.25) is 5.02 Å². The zero-order valence-corrected chi connectivity index (χ0v) is 19.8.